The molecule has 124 valence electrons. The van der Waals surface area contributed by atoms with Gasteiger partial charge in [-0.1, -0.05) is 19.3 Å². The largest absolute Gasteiger partial charge is 0.341 e. The molecule has 0 spiro atoms. The molecule has 7 heteroatoms. The van der Waals surface area contributed by atoms with Crippen LogP contribution in [0.4, 0.5) is 5.95 Å². The molecule has 0 radical (unpaired) electrons. The smallest absolute Gasteiger partial charge is 0.225 e. The zero-order valence-electron chi connectivity index (χ0n) is 13.7. The van der Waals surface area contributed by atoms with Crippen LogP contribution in [0.1, 0.15) is 56.3 Å². The van der Waals surface area contributed by atoms with E-state index in [4.69, 9.17) is 0 Å². The summed E-state index contributed by atoms with van der Waals surface area (Å²) in [6.45, 7) is 5.71. The van der Waals surface area contributed by atoms with E-state index in [-0.39, 0.29) is 6.04 Å². The minimum Gasteiger partial charge on any atom is -0.341 e. The number of nitrogens with one attached hydrogen (secondary N) is 1. The topological polar surface area (TPSA) is 75.2 Å². The lowest BCUT2D eigenvalue weighted by Gasteiger charge is -2.25. The van der Waals surface area contributed by atoms with Gasteiger partial charge in [-0.25, -0.2) is 23.1 Å². The lowest BCUT2D eigenvalue weighted by Crippen LogP contribution is -2.30. The van der Waals surface area contributed by atoms with Crippen molar-refractivity contribution in [3.63, 3.8) is 0 Å². The van der Waals surface area contributed by atoms with Crippen molar-refractivity contribution < 1.29 is 8.42 Å². The van der Waals surface area contributed by atoms with Crippen LogP contribution in [-0.2, 0) is 10.0 Å². The first-order valence-electron chi connectivity index (χ1n) is 7.92. The highest BCUT2D eigenvalue weighted by molar-refractivity contribution is 7.88. The molecule has 1 fully saturated rings. The fourth-order valence-corrected chi connectivity index (χ4v) is 3.64. The van der Waals surface area contributed by atoms with Gasteiger partial charge in [0.2, 0.25) is 16.0 Å². The number of hydrogen-bond donors (Lipinski definition) is 1. The van der Waals surface area contributed by atoms with Gasteiger partial charge in [0.05, 0.1) is 6.26 Å². The summed E-state index contributed by atoms with van der Waals surface area (Å²) in [5, 5.41) is 0. The van der Waals surface area contributed by atoms with E-state index in [0.717, 1.165) is 36.6 Å². The zero-order chi connectivity index (χ0) is 16.2. The predicted molar refractivity (Wildman–Crippen MR) is 88.5 cm³/mol. The molecule has 0 aliphatic carbocycles. The van der Waals surface area contributed by atoms with Crippen LogP contribution in [0.25, 0.3) is 0 Å². The average molecular weight is 326 g/mol. The van der Waals surface area contributed by atoms with E-state index in [1.54, 1.807) is 6.20 Å². The summed E-state index contributed by atoms with van der Waals surface area (Å²) < 4.78 is 25.3. The Labute approximate surface area is 133 Å². The Morgan fingerprint density at radius 2 is 1.77 bits per heavy atom. The van der Waals surface area contributed by atoms with Crippen LogP contribution in [0.3, 0.4) is 0 Å². The molecule has 1 saturated heterocycles. The van der Waals surface area contributed by atoms with Gasteiger partial charge in [0.25, 0.3) is 0 Å². The van der Waals surface area contributed by atoms with E-state index in [1.807, 2.05) is 13.8 Å². The Morgan fingerprint density at radius 3 is 2.32 bits per heavy atom. The van der Waals surface area contributed by atoms with Crippen molar-refractivity contribution in [2.24, 2.45) is 0 Å². The zero-order valence-corrected chi connectivity index (χ0v) is 14.5. The second kappa shape index (κ2) is 7.37. The quantitative estimate of drug-likeness (QED) is 0.918. The monoisotopic (exact) mass is 326 g/mol. The second-order valence-electron chi connectivity index (χ2n) is 6.08. The van der Waals surface area contributed by atoms with E-state index in [9.17, 15) is 8.42 Å². The Bertz CT molecular complexity index is 596. The highest BCUT2D eigenvalue weighted by Crippen LogP contribution is 2.20. The van der Waals surface area contributed by atoms with Gasteiger partial charge in [0.15, 0.2) is 0 Å². The maximum Gasteiger partial charge on any atom is 0.225 e. The summed E-state index contributed by atoms with van der Waals surface area (Å²) in [6, 6.07) is -0.323. The molecule has 1 unspecified atom stereocenters. The Morgan fingerprint density at radius 1 is 1.18 bits per heavy atom. The van der Waals surface area contributed by atoms with E-state index >= 15 is 0 Å². The molecule has 0 saturated carbocycles. The Hall–Kier alpha value is -1.21. The third kappa shape index (κ3) is 4.91. The van der Waals surface area contributed by atoms with Crippen molar-refractivity contribution in [3.8, 4) is 0 Å². The number of sulfonamides is 1. The Balaban J connectivity index is 2.14. The molecule has 2 rings (SSSR count). The number of aromatic nitrogens is 2. The summed E-state index contributed by atoms with van der Waals surface area (Å²) >= 11 is 0. The molecule has 2 heterocycles. The molecule has 1 N–H and O–H groups in total. The number of anilines is 1. The first kappa shape index (κ1) is 17.1. The summed E-state index contributed by atoms with van der Waals surface area (Å²) in [5.41, 5.74) is 1.65. The van der Waals surface area contributed by atoms with Gasteiger partial charge in [-0.15, -0.1) is 0 Å². The van der Waals surface area contributed by atoms with Crippen molar-refractivity contribution in [3.05, 3.63) is 17.5 Å². The first-order valence-corrected chi connectivity index (χ1v) is 9.82. The maximum atomic E-state index is 11.4. The molecule has 0 bridgehead atoms. The highest BCUT2D eigenvalue weighted by Gasteiger charge is 2.17. The van der Waals surface area contributed by atoms with Gasteiger partial charge in [0.1, 0.15) is 0 Å². The molecular formula is C15H26N4O2S. The van der Waals surface area contributed by atoms with E-state index in [0.29, 0.717) is 0 Å². The van der Waals surface area contributed by atoms with Crippen molar-refractivity contribution in [2.45, 2.75) is 52.0 Å². The summed E-state index contributed by atoms with van der Waals surface area (Å²) in [6.07, 6.45) is 9.12. The van der Waals surface area contributed by atoms with Crippen LogP contribution < -0.4 is 9.62 Å². The summed E-state index contributed by atoms with van der Waals surface area (Å²) in [4.78, 5) is 11.3. The number of nitrogens with zero attached hydrogens (tertiary/aromatic N) is 3. The minimum atomic E-state index is -3.24. The summed E-state index contributed by atoms with van der Waals surface area (Å²) in [7, 11) is -3.24. The van der Waals surface area contributed by atoms with Crippen molar-refractivity contribution in [1.82, 2.24) is 14.7 Å². The molecule has 22 heavy (non-hydrogen) atoms. The lowest BCUT2D eigenvalue weighted by atomic mass is 10.1. The van der Waals surface area contributed by atoms with Gasteiger partial charge in [-0.3, -0.25) is 0 Å². The third-order valence-electron chi connectivity index (χ3n) is 4.00. The van der Waals surface area contributed by atoms with Crippen LogP contribution in [-0.4, -0.2) is 37.7 Å². The normalized spacial score (nSPS) is 18.6. The molecule has 1 aliphatic rings. The number of aryl methyl sites for hydroxylation is 1. The van der Waals surface area contributed by atoms with Crippen LogP contribution in [0.15, 0.2) is 6.20 Å². The van der Waals surface area contributed by atoms with Crippen LogP contribution in [0, 0.1) is 6.92 Å². The molecule has 6 nitrogen and oxygen atoms in total. The van der Waals surface area contributed by atoms with Gasteiger partial charge in [-0.2, -0.15) is 0 Å². The van der Waals surface area contributed by atoms with Gasteiger partial charge in [0, 0.05) is 36.6 Å². The highest BCUT2D eigenvalue weighted by atomic mass is 32.2. The maximum absolute atomic E-state index is 11.4. The van der Waals surface area contributed by atoms with Crippen LogP contribution in [0.2, 0.25) is 0 Å². The van der Waals surface area contributed by atoms with E-state index < -0.39 is 10.0 Å². The standard InChI is InChI=1S/C15H26N4O2S/c1-12-14(13(2)18-22(3,20)21)11-16-15(17-12)19-9-7-5-4-6-8-10-19/h11,13,18H,4-10H2,1-3H3. The predicted octanol–water partition coefficient (Wildman–Crippen LogP) is 2.17. The molecule has 0 aromatic carbocycles. The fraction of sp³-hybridized carbons (Fsp3) is 0.733. The SMILES string of the molecule is Cc1nc(N2CCCCCCC2)ncc1C(C)NS(C)(=O)=O. The van der Waals surface area contributed by atoms with Crippen LogP contribution in [0.5, 0.6) is 0 Å². The molecule has 0 amide bonds. The van der Waals surface area contributed by atoms with E-state index in [2.05, 4.69) is 19.6 Å². The first-order chi connectivity index (χ1) is 10.4. The average Bonchev–Trinajstić information content (AvgIpc) is 2.35. The third-order valence-corrected chi connectivity index (χ3v) is 4.78. The van der Waals surface area contributed by atoms with Crippen molar-refractivity contribution >= 4 is 16.0 Å². The lowest BCUT2D eigenvalue weighted by molar-refractivity contribution is 0.549. The van der Waals surface area contributed by atoms with Crippen molar-refractivity contribution in [2.75, 3.05) is 24.2 Å². The molecule has 1 aliphatic heterocycles. The van der Waals surface area contributed by atoms with Gasteiger partial charge in [-0.05, 0) is 26.7 Å². The van der Waals surface area contributed by atoms with Gasteiger partial charge < -0.3 is 4.90 Å². The molecule has 1 aromatic heterocycles. The second-order valence-corrected chi connectivity index (χ2v) is 7.86. The number of hydrogen-bond acceptors (Lipinski definition) is 5. The number of rotatable bonds is 4. The van der Waals surface area contributed by atoms with Gasteiger partial charge >= 0.3 is 0 Å². The molecule has 1 aromatic rings. The fourth-order valence-electron chi connectivity index (χ4n) is 2.87. The van der Waals surface area contributed by atoms with Crippen LogP contribution >= 0.6 is 0 Å². The molecular weight excluding hydrogens is 300 g/mol. The van der Waals surface area contributed by atoms with Crippen molar-refractivity contribution in [1.29, 1.82) is 0 Å². The minimum absolute atomic E-state index is 0.323. The molecule has 1 atom stereocenters. The summed E-state index contributed by atoms with van der Waals surface area (Å²) in [5.74, 6) is 0.759. The van der Waals surface area contributed by atoms with E-state index in [1.165, 1.54) is 32.1 Å². The Kier molecular flexibility index (Phi) is 5.74.